The molecule has 0 radical (unpaired) electrons. The summed E-state index contributed by atoms with van der Waals surface area (Å²) in [7, 11) is 0. The minimum atomic E-state index is 0.609. The van der Waals surface area contributed by atoms with Gasteiger partial charge >= 0.3 is 0 Å². The highest BCUT2D eigenvalue weighted by Gasteiger charge is 2.41. The molecule has 3 nitrogen and oxygen atoms in total. The topological polar surface area (TPSA) is 37.8 Å². The summed E-state index contributed by atoms with van der Waals surface area (Å²) in [4.78, 5) is 12.5. The summed E-state index contributed by atoms with van der Waals surface area (Å²) in [5.41, 5.74) is 0. The van der Waals surface area contributed by atoms with Gasteiger partial charge in [-0.15, -0.1) is 11.3 Å². The number of aryl methyl sites for hydroxylation is 1. The highest BCUT2D eigenvalue weighted by molar-refractivity contribution is 7.18. The van der Waals surface area contributed by atoms with Crippen molar-refractivity contribution >= 4 is 27.4 Å². The third-order valence-electron chi connectivity index (χ3n) is 5.22. The van der Waals surface area contributed by atoms with Crippen LogP contribution in [0.3, 0.4) is 0 Å². The number of aromatic nitrogens is 2. The van der Waals surface area contributed by atoms with Gasteiger partial charge in [0.25, 0.3) is 0 Å². The summed E-state index contributed by atoms with van der Waals surface area (Å²) < 4.78 is 0. The van der Waals surface area contributed by atoms with Gasteiger partial charge in [-0.3, -0.25) is 0 Å². The summed E-state index contributed by atoms with van der Waals surface area (Å²) >= 11 is 1.84. The molecular weight excluding hydrogens is 278 g/mol. The zero-order chi connectivity index (χ0) is 14.4. The van der Waals surface area contributed by atoms with Crippen molar-refractivity contribution in [2.75, 3.05) is 11.9 Å². The molecule has 4 heteroatoms. The van der Waals surface area contributed by atoms with E-state index in [-0.39, 0.29) is 0 Å². The largest absolute Gasteiger partial charge is 0.370 e. The van der Waals surface area contributed by atoms with Gasteiger partial charge in [0.2, 0.25) is 0 Å². The molecule has 112 valence electrons. The van der Waals surface area contributed by atoms with Crippen molar-refractivity contribution in [3.05, 3.63) is 16.8 Å². The molecule has 4 rings (SSSR count). The fourth-order valence-corrected chi connectivity index (χ4v) is 5.17. The van der Waals surface area contributed by atoms with Crippen molar-refractivity contribution in [2.24, 2.45) is 11.8 Å². The molecule has 2 fully saturated rings. The lowest BCUT2D eigenvalue weighted by Gasteiger charge is -2.20. The Bertz CT molecular complexity index is 663. The van der Waals surface area contributed by atoms with E-state index in [2.05, 4.69) is 25.2 Å². The van der Waals surface area contributed by atoms with E-state index in [9.17, 15) is 0 Å². The molecule has 2 aromatic rings. The molecule has 0 saturated heterocycles. The Hall–Kier alpha value is -1.16. The average molecular weight is 301 g/mol. The van der Waals surface area contributed by atoms with Crippen molar-refractivity contribution in [2.45, 2.75) is 51.9 Å². The molecule has 2 aromatic heterocycles. The van der Waals surface area contributed by atoms with Crippen LogP contribution >= 0.6 is 11.3 Å². The number of nitrogens with zero attached hydrogens (tertiary/aromatic N) is 2. The molecule has 2 bridgehead atoms. The molecular formula is C17H23N3S. The maximum Gasteiger partial charge on any atom is 0.138 e. The zero-order valence-corrected chi connectivity index (χ0v) is 13.7. The average Bonchev–Trinajstić information content (AvgIpc) is 3.21. The van der Waals surface area contributed by atoms with E-state index in [1.165, 1.54) is 40.8 Å². The van der Waals surface area contributed by atoms with E-state index in [1.807, 2.05) is 11.3 Å². The van der Waals surface area contributed by atoms with Crippen LogP contribution in [0.5, 0.6) is 0 Å². The van der Waals surface area contributed by atoms with Crippen LogP contribution in [-0.2, 0) is 6.42 Å². The van der Waals surface area contributed by atoms with Crippen molar-refractivity contribution in [1.29, 1.82) is 0 Å². The smallest absolute Gasteiger partial charge is 0.138 e. The maximum atomic E-state index is 4.95. The van der Waals surface area contributed by atoms with Crippen LogP contribution in [0.15, 0.2) is 6.07 Å². The highest BCUT2D eigenvalue weighted by Crippen LogP contribution is 2.52. The van der Waals surface area contributed by atoms with E-state index in [1.54, 1.807) is 0 Å². The Kier molecular flexibility index (Phi) is 3.37. The number of anilines is 1. The second kappa shape index (κ2) is 5.24. The van der Waals surface area contributed by atoms with Gasteiger partial charge in [-0.25, -0.2) is 9.97 Å². The fraction of sp³-hybridized carbons (Fsp3) is 0.647. The highest BCUT2D eigenvalue weighted by atomic mass is 32.1. The van der Waals surface area contributed by atoms with Crippen LogP contribution in [0, 0.1) is 11.8 Å². The molecule has 0 amide bonds. The molecule has 2 aliphatic rings. The van der Waals surface area contributed by atoms with E-state index >= 15 is 0 Å². The van der Waals surface area contributed by atoms with Gasteiger partial charge in [0.05, 0.1) is 5.39 Å². The first-order valence-corrected chi connectivity index (χ1v) is 9.14. The zero-order valence-electron chi connectivity index (χ0n) is 12.9. The minimum absolute atomic E-state index is 0.609. The van der Waals surface area contributed by atoms with Gasteiger partial charge in [0.1, 0.15) is 16.5 Å². The van der Waals surface area contributed by atoms with Gasteiger partial charge in [0, 0.05) is 17.3 Å². The van der Waals surface area contributed by atoms with Gasteiger partial charge in [0.15, 0.2) is 0 Å². The molecule has 3 atom stereocenters. The molecule has 0 spiro atoms. The Morgan fingerprint density at radius 3 is 2.81 bits per heavy atom. The van der Waals surface area contributed by atoms with E-state index in [0.29, 0.717) is 5.92 Å². The monoisotopic (exact) mass is 301 g/mol. The quantitative estimate of drug-likeness (QED) is 0.897. The molecule has 1 N–H and O–H groups in total. The van der Waals surface area contributed by atoms with Crippen molar-refractivity contribution in [1.82, 2.24) is 9.97 Å². The minimum Gasteiger partial charge on any atom is -0.370 e. The summed E-state index contributed by atoms with van der Waals surface area (Å²) in [5, 5.41) is 4.66. The predicted octanol–water partition coefficient (Wildman–Crippen LogP) is 4.59. The van der Waals surface area contributed by atoms with Crippen LogP contribution in [-0.4, -0.2) is 16.5 Å². The number of rotatable bonds is 4. The number of nitrogens with one attached hydrogen (secondary N) is 1. The second-order valence-corrected chi connectivity index (χ2v) is 7.64. The number of fused-ring (bicyclic) bond motifs is 3. The van der Waals surface area contributed by atoms with Gasteiger partial charge in [-0.2, -0.15) is 0 Å². The number of hydrogen-bond donors (Lipinski definition) is 1. The Labute approximate surface area is 130 Å². The van der Waals surface area contributed by atoms with Crippen molar-refractivity contribution in [3.63, 3.8) is 0 Å². The number of hydrogen-bond acceptors (Lipinski definition) is 4. The van der Waals surface area contributed by atoms with Crippen molar-refractivity contribution in [3.8, 4) is 0 Å². The van der Waals surface area contributed by atoms with Crippen LogP contribution in [0.2, 0.25) is 0 Å². The first-order chi connectivity index (χ1) is 10.3. The Balaban J connectivity index is 1.78. The summed E-state index contributed by atoms with van der Waals surface area (Å²) in [6.07, 6.45) is 6.62. The molecule has 2 aliphatic carbocycles. The second-order valence-electron chi connectivity index (χ2n) is 6.53. The summed E-state index contributed by atoms with van der Waals surface area (Å²) in [6.45, 7) is 5.26. The van der Waals surface area contributed by atoms with Gasteiger partial charge < -0.3 is 5.32 Å². The van der Waals surface area contributed by atoms with Gasteiger partial charge in [-0.1, -0.05) is 13.3 Å². The lowest BCUT2D eigenvalue weighted by molar-refractivity contribution is 0.406. The summed E-state index contributed by atoms with van der Waals surface area (Å²) in [5.74, 6) is 4.55. The van der Waals surface area contributed by atoms with Crippen LogP contribution in [0.1, 0.15) is 56.2 Å². The van der Waals surface area contributed by atoms with E-state index in [4.69, 9.17) is 9.97 Å². The molecule has 0 aliphatic heterocycles. The Morgan fingerprint density at radius 2 is 2.14 bits per heavy atom. The lowest BCUT2D eigenvalue weighted by Crippen LogP contribution is -2.13. The maximum absolute atomic E-state index is 4.95. The lowest BCUT2D eigenvalue weighted by atomic mass is 9.88. The van der Waals surface area contributed by atoms with Gasteiger partial charge in [-0.05, 0) is 50.5 Å². The van der Waals surface area contributed by atoms with Crippen LogP contribution in [0.4, 0.5) is 5.82 Å². The van der Waals surface area contributed by atoms with Crippen LogP contribution < -0.4 is 5.32 Å². The molecule has 2 heterocycles. The molecule has 3 unspecified atom stereocenters. The first-order valence-electron chi connectivity index (χ1n) is 8.32. The third kappa shape index (κ3) is 2.24. The summed E-state index contributed by atoms with van der Waals surface area (Å²) in [6, 6.07) is 2.27. The van der Waals surface area contributed by atoms with Crippen LogP contribution in [0.25, 0.3) is 10.2 Å². The fourth-order valence-electron chi connectivity index (χ4n) is 4.19. The molecule has 21 heavy (non-hydrogen) atoms. The van der Waals surface area contributed by atoms with E-state index in [0.717, 1.165) is 36.4 Å². The first kappa shape index (κ1) is 13.5. The predicted molar refractivity (Wildman–Crippen MR) is 89.1 cm³/mol. The van der Waals surface area contributed by atoms with Crippen molar-refractivity contribution < 1.29 is 0 Å². The molecule has 2 saturated carbocycles. The molecule has 0 aromatic carbocycles. The normalized spacial score (nSPS) is 27.6. The SMILES string of the molecule is CCNc1nc(C2CC3CCC2C3)nc2sc(CC)cc12. The number of thiophene rings is 1. The Morgan fingerprint density at radius 1 is 1.24 bits per heavy atom. The van der Waals surface area contributed by atoms with E-state index < -0.39 is 0 Å². The standard InChI is InChI=1S/C17H23N3S/c1-3-12-9-14-15(18-4-2)19-16(20-17(14)21-12)13-8-10-5-6-11(13)7-10/h9-11,13H,3-8H2,1-2H3,(H,18,19,20). The third-order valence-corrected chi connectivity index (χ3v) is 6.40.